The van der Waals surface area contributed by atoms with Crippen molar-refractivity contribution >= 4 is 17.8 Å². The Morgan fingerprint density at radius 3 is 2.42 bits per heavy atom. The van der Waals surface area contributed by atoms with E-state index in [0.717, 1.165) is 17.7 Å². The minimum Gasteiger partial charge on any atom is -0.468 e. The van der Waals surface area contributed by atoms with Gasteiger partial charge in [0.15, 0.2) is 0 Å². The van der Waals surface area contributed by atoms with E-state index >= 15 is 0 Å². The van der Waals surface area contributed by atoms with Crippen LogP contribution in [-0.2, 0) is 19.1 Å². The van der Waals surface area contributed by atoms with Crippen molar-refractivity contribution in [3.63, 3.8) is 0 Å². The lowest BCUT2D eigenvalue weighted by atomic mass is 9.91. The van der Waals surface area contributed by atoms with Crippen molar-refractivity contribution < 1.29 is 19.1 Å². The molecule has 0 spiro atoms. The summed E-state index contributed by atoms with van der Waals surface area (Å²) in [6, 6.07) is 0. The molecule has 0 radical (unpaired) electrons. The van der Waals surface area contributed by atoms with Gasteiger partial charge in [0.05, 0.1) is 19.1 Å². The molecule has 1 saturated carbocycles. The Morgan fingerprint density at radius 2 is 2.05 bits per heavy atom. The zero-order valence-corrected chi connectivity index (χ0v) is 11.6. The lowest BCUT2D eigenvalue weighted by Gasteiger charge is -2.30. The number of imide groups is 1. The number of carbonyl (C=O) groups excluding carboxylic acids is 3. The van der Waals surface area contributed by atoms with Gasteiger partial charge >= 0.3 is 5.97 Å². The Hall–Kier alpha value is -1.43. The first-order valence-electron chi connectivity index (χ1n) is 6.44. The second-order valence-corrected chi connectivity index (χ2v) is 6.15. The molecule has 19 heavy (non-hydrogen) atoms. The number of carbonyl (C=O) groups is 3. The van der Waals surface area contributed by atoms with Crippen LogP contribution in [0, 0.1) is 11.3 Å². The van der Waals surface area contributed by atoms with Crippen molar-refractivity contribution in [1.82, 2.24) is 4.90 Å². The zero-order valence-electron chi connectivity index (χ0n) is 11.6. The van der Waals surface area contributed by atoms with Crippen LogP contribution in [0.25, 0.3) is 0 Å². The number of nitrogens with two attached hydrogens (primary N) is 1. The Morgan fingerprint density at radius 1 is 1.47 bits per heavy atom. The van der Waals surface area contributed by atoms with Gasteiger partial charge in [-0.3, -0.25) is 14.5 Å². The minimum absolute atomic E-state index is 0.00994. The summed E-state index contributed by atoms with van der Waals surface area (Å²) < 4.78 is 4.74. The molecule has 1 aliphatic heterocycles. The van der Waals surface area contributed by atoms with Crippen molar-refractivity contribution in [3.05, 3.63) is 0 Å². The molecule has 2 aliphatic rings. The first-order valence-corrected chi connectivity index (χ1v) is 6.44. The van der Waals surface area contributed by atoms with Crippen LogP contribution in [0.3, 0.4) is 0 Å². The van der Waals surface area contributed by atoms with E-state index in [-0.39, 0.29) is 30.7 Å². The Bertz CT molecular complexity index is 442. The number of ether oxygens (including phenoxy) is 1. The topological polar surface area (TPSA) is 89.7 Å². The number of methoxy groups -OCH3 is 1. The Labute approximate surface area is 112 Å². The summed E-state index contributed by atoms with van der Waals surface area (Å²) in [5.74, 6) is -1.10. The van der Waals surface area contributed by atoms with Gasteiger partial charge in [-0.05, 0) is 18.8 Å². The third kappa shape index (κ3) is 2.25. The van der Waals surface area contributed by atoms with E-state index in [1.165, 1.54) is 7.11 Å². The summed E-state index contributed by atoms with van der Waals surface area (Å²) in [5, 5.41) is 0. The summed E-state index contributed by atoms with van der Waals surface area (Å²) in [4.78, 5) is 37.1. The Kier molecular flexibility index (Phi) is 3.16. The van der Waals surface area contributed by atoms with Crippen LogP contribution in [-0.4, -0.2) is 41.9 Å². The molecule has 6 heteroatoms. The van der Waals surface area contributed by atoms with Crippen LogP contribution in [0.5, 0.6) is 0 Å². The molecule has 1 saturated heterocycles. The molecular weight excluding hydrogens is 248 g/mol. The molecular formula is C13H20N2O4. The SMILES string of the molecule is COC(=O)C(N)(CN1C(=O)CC(C)(C)C1=O)C1CC1. The minimum atomic E-state index is -1.26. The second-order valence-electron chi connectivity index (χ2n) is 6.15. The molecule has 1 atom stereocenters. The van der Waals surface area contributed by atoms with E-state index in [2.05, 4.69) is 0 Å². The number of hydrogen-bond acceptors (Lipinski definition) is 5. The van der Waals surface area contributed by atoms with Gasteiger partial charge in [0, 0.05) is 6.42 Å². The summed E-state index contributed by atoms with van der Waals surface area (Å²) in [6.45, 7) is 3.37. The number of likely N-dealkylation sites (tertiary alicyclic amines) is 1. The van der Waals surface area contributed by atoms with E-state index in [9.17, 15) is 14.4 Å². The molecule has 106 valence electrons. The fourth-order valence-corrected chi connectivity index (χ4v) is 2.60. The fourth-order valence-electron chi connectivity index (χ4n) is 2.60. The quantitative estimate of drug-likeness (QED) is 0.575. The van der Waals surface area contributed by atoms with Gasteiger partial charge in [-0.1, -0.05) is 13.8 Å². The molecule has 2 rings (SSSR count). The maximum Gasteiger partial charge on any atom is 0.328 e. The molecule has 0 bridgehead atoms. The molecule has 1 heterocycles. The molecule has 2 fully saturated rings. The first kappa shape index (κ1) is 14.0. The average molecular weight is 268 g/mol. The van der Waals surface area contributed by atoms with Crippen molar-refractivity contribution in [2.24, 2.45) is 17.1 Å². The molecule has 6 nitrogen and oxygen atoms in total. The van der Waals surface area contributed by atoms with Crippen LogP contribution in [0.15, 0.2) is 0 Å². The van der Waals surface area contributed by atoms with Gasteiger partial charge < -0.3 is 10.5 Å². The average Bonchev–Trinajstić information content (AvgIpc) is 3.14. The van der Waals surface area contributed by atoms with Crippen LogP contribution in [0.1, 0.15) is 33.1 Å². The van der Waals surface area contributed by atoms with Crippen LogP contribution in [0.2, 0.25) is 0 Å². The van der Waals surface area contributed by atoms with Crippen molar-refractivity contribution in [2.75, 3.05) is 13.7 Å². The summed E-state index contributed by atoms with van der Waals surface area (Å²) >= 11 is 0. The molecule has 2 amide bonds. The fraction of sp³-hybridized carbons (Fsp3) is 0.769. The van der Waals surface area contributed by atoms with E-state index in [4.69, 9.17) is 10.5 Å². The summed E-state index contributed by atoms with van der Waals surface area (Å²) in [6.07, 6.45) is 1.81. The normalized spacial score (nSPS) is 25.4. The maximum absolute atomic E-state index is 12.2. The lowest BCUT2D eigenvalue weighted by molar-refractivity contribution is -0.151. The second kappa shape index (κ2) is 4.30. The van der Waals surface area contributed by atoms with Gasteiger partial charge in [-0.25, -0.2) is 4.79 Å². The number of amides is 2. The highest BCUT2D eigenvalue weighted by atomic mass is 16.5. The number of esters is 1. The van der Waals surface area contributed by atoms with Crippen LogP contribution in [0.4, 0.5) is 0 Å². The van der Waals surface area contributed by atoms with Crippen LogP contribution < -0.4 is 5.73 Å². The Balaban J connectivity index is 2.21. The van der Waals surface area contributed by atoms with Crippen molar-refractivity contribution in [3.8, 4) is 0 Å². The van der Waals surface area contributed by atoms with Gasteiger partial charge in [0.1, 0.15) is 5.54 Å². The lowest BCUT2D eigenvalue weighted by Crippen LogP contribution is -2.59. The van der Waals surface area contributed by atoms with Crippen LogP contribution >= 0.6 is 0 Å². The third-order valence-corrected chi connectivity index (χ3v) is 4.01. The predicted molar refractivity (Wildman–Crippen MR) is 66.8 cm³/mol. The van der Waals surface area contributed by atoms with Gasteiger partial charge in [0.2, 0.25) is 11.8 Å². The monoisotopic (exact) mass is 268 g/mol. The largest absolute Gasteiger partial charge is 0.468 e. The number of nitrogens with zero attached hydrogens (tertiary/aromatic N) is 1. The van der Waals surface area contributed by atoms with E-state index in [1.54, 1.807) is 13.8 Å². The van der Waals surface area contributed by atoms with Gasteiger partial charge in [0.25, 0.3) is 0 Å². The standard InChI is InChI=1S/C13H20N2O4/c1-12(2)6-9(16)15(10(12)17)7-13(14,8-4-5-8)11(18)19-3/h8H,4-7,14H2,1-3H3. The number of rotatable bonds is 4. The smallest absolute Gasteiger partial charge is 0.328 e. The highest BCUT2D eigenvalue weighted by Gasteiger charge is 2.54. The molecule has 2 N–H and O–H groups in total. The van der Waals surface area contributed by atoms with E-state index in [0.29, 0.717) is 0 Å². The highest BCUT2D eigenvalue weighted by molar-refractivity contribution is 6.06. The van der Waals surface area contributed by atoms with Crippen molar-refractivity contribution in [1.29, 1.82) is 0 Å². The maximum atomic E-state index is 12.2. The molecule has 0 aromatic carbocycles. The van der Waals surface area contributed by atoms with Crippen molar-refractivity contribution in [2.45, 2.75) is 38.6 Å². The van der Waals surface area contributed by atoms with E-state index < -0.39 is 16.9 Å². The third-order valence-electron chi connectivity index (χ3n) is 4.01. The molecule has 1 unspecified atom stereocenters. The molecule has 0 aromatic heterocycles. The zero-order chi connectivity index (χ0) is 14.4. The summed E-state index contributed by atoms with van der Waals surface area (Å²) in [5.41, 5.74) is 4.16. The van der Waals surface area contributed by atoms with E-state index in [1.807, 2.05) is 0 Å². The molecule has 1 aliphatic carbocycles. The summed E-state index contributed by atoms with van der Waals surface area (Å²) in [7, 11) is 1.27. The number of hydrogen-bond donors (Lipinski definition) is 1. The van der Waals surface area contributed by atoms with Gasteiger partial charge in [-0.15, -0.1) is 0 Å². The van der Waals surface area contributed by atoms with Gasteiger partial charge in [-0.2, -0.15) is 0 Å². The predicted octanol–water partition coefficient (Wildman–Crippen LogP) is 0.0520. The molecule has 0 aromatic rings. The highest BCUT2D eigenvalue weighted by Crippen LogP contribution is 2.41. The first-order chi connectivity index (χ1) is 8.72.